The minimum Gasteiger partial charge on any atom is -0.458 e. The van der Waals surface area contributed by atoms with Crippen molar-refractivity contribution in [1.29, 1.82) is 0 Å². The third-order valence-electron chi connectivity index (χ3n) is 3.90. The van der Waals surface area contributed by atoms with Crippen LogP contribution in [0, 0.1) is 0 Å². The van der Waals surface area contributed by atoms with Crippen LogP contribution in [0.3, 0.4) is 0 Å². The van der Waals surface area contributed by atoms with E-state index in [4.69, 9.17) is 14.3 Å². The molecule has 0 spiro atoms. The van der Waals surface area contributed by atoms with Crippen molar-refractivity contribution in [3.8, 4) is 0 Å². The lowest BCUT2D eigenvalue weighted by molar-refractivity contribution is -0.197. The Labute approximate surface area is 177 Å². The van der Waals surface area contributed by atoms with E-state index in [1.165, 1.54) is 0 Å². The first-order valence-corrected chi connectivity index (χ1v) is 13.6. The molecule has 0 aromatic carbocycles. The van der Waals surface area contributed by atoms with Gasteiger partial charge in [0.2, 0.25) is 0 Å². The number of hydroxylamine groups is 2. The van der Waals surface area contributed by atoms with Crippen molar-refractivity contribution >= 4 is 37.9 Å². The number of ether oxygens (including phenoxy) is 2. The second-order valence-electron chi connectivity index (χ2n) is 9.26. The maximum absolute atomic E-state index is 12.4. The van der Waals surface area contributed by atoms with E-state index >= 15 is 0 Å². The van der Waals surface area contributed by atoms with Crippen LogP contribution in [-0.2, 0) is 33.5 Å². The van der Waals surface area contributed by atoms with Crippen LogP contribution in [0.4, 0.5) is 4.79 Å². The maximum Gasteiger partial charge on any atom is 0.407 e. The van der Waals surface area contributed by atoms with Gasteiger partial charge in [-0.1, -0.05) is 19.6 Å². The Morgan fingerprint density at radius 3 is 2.17 bits per heavy atom. The fraction of sp³-hybridized carbons (Fsp3) is 0.737. The van der Waals surface area contributed by atoms with Gasteiger partial charge in [-0.25, -0.2) is 14.4 Å². The fourth-order valence-corrected chi connectivity index (χ4v) is 3.04. The monoisotopic (exact) mass is 444 g/mol. The summed E-state index contributed by atoms with van der Waals surface area (Å²) < 4.78 is 10.4. The standard InChI is InChI=1S/C19H32N2O8Si/c1-19(2,3)28-17(25)13(20-18(26)27-11-12-30(4,5)6)7-10-16(24)29-21-14(22)8-9-15(21)23/h13H,7-12H2,1-6H3,(H,20,26)/t13-/m0/s1. The molecule has 1 saturated heterocycles. The fourth-order valence-electron chi connectivity index (χ4n) is 2.32. The maximum atomic E-state index is 12.4. The lowest BCUT2D eigenvalue weighted by atomic mass is 10.1. The van der Waals surface area contributed by atoms with Gasteiger partial charge < -0.3 is 19.6 Å². The van der Waals surface area contributed by atoms with Crippen molar-refractivity contribution in [2.24, 2.45) is 0 Å². The van der Waals surface area contributed by atoms with E-state index in [2.05, 4.69) is 25.0 Å². The molecule has 1 fully saturated rings. The Balaban J connectivity index is 2.65. The summed E-state index contributed by atoms with van der Waals surface area (Å²) in [5.74, 6) is -2.80. The Morgan fingerprint density at radius 2 is 1.67 bits per heavy atom. The Hall–Kier alpha value is -2.43. The van der Waals surface area contributed by atoms with Crippen LogP contribution < -0.4 is 5.32 Å². The lowest BCUT2D eigenvalue weighted by Gasteiger charge is -2.24. The smallest absolute Gasteiger partial charge is 0.407 e. The van der Waals surface area contributed by atoms with Crippen LogP contribution in [0.5, 0.6) is 0 Å². The highest BCUT2D eigenvalue weighted by Crippen LogP contribution is 2.15. The van der Waals surface area contributed by atoms with Crippen molar-refractivity contribution in [1.82, 2.24) is 10.4 Å². The zero-order valence-electron chi connectivity index (χ0n) is 18.5. The summed E-state index contributed by atoms with van der Waals surface area (Å²) >= 11 is 0. The first kappa shape index (κ1) is 25.6. The van der Waals surface area contributed by atoms with E-state index in [9.17, 15) is 24.0 Å². The molecule has 30 heavy (non-hydrogen) atoms. The lowest BCUT2D eigenvalue weighted by Crippen LogP contribution is -2.45. The third kappa shape index (κ3) is 9.86. The van der Waals surface area contributed by atoms with Gasteiger partial charge in [0.1, 0.15) is 11.6 Å². The number of hydrogen-bond donors (Lipinski definition) is 1. The normalized spacial score (nSPS) is 15.6. The molecular weight excluding hydrogens is 412 g/mol. The van der Waals surface area contributed by atoms with Crippen LogP contribution in [0.25, 0.3) is 0 Å². The summed E-state index contributed by atoms with van der Waals surface area (Å²) in [6.45, 7) is 11.7. The molecule has 1 aliphatic heterocycles. The number of imide groups is 1. The molecule has 0 aromatic heterocycles. The second-order valence-corrected chi connectivity index (χ2v) is 14.9. The van der Waals surface area contributed by atoms with E-state index in [0.717, 1.165) is 6.04 Å². The zero-order valence-corrected chi connectivity index (χ0v) is 19.5. The van der Waals surface area contributed by atoms with E-state index in [-0.39, 0.29) is 32.3 Å². The van der Waals surface area contributed by atoms with Crippen LogP contribution in [0.2, 0.25) is 25.7 Å². The number of esters is 1. The predicted octanol–water partition coefficient (Wildman–Crippen LogP) is 2.15. The van der Waals surface area contributed by atoms with Crippen LogP contribution >= 0.6 is 0 Å². The van der Waals surface area contributed by atoms with Crippen molar-refractivity contribution < 1.29 is 38.3 Å². The largest absolute Gasteiger partial charge is 0.458 e. The van der Waals surface area contributed by atoms with Gasteiger partial charge in [-0.3, -0.25) is 9.59 Å². The number of alkyl carbamates (subject to hydrolysis) is 1. The van der Waals surface area contributed by atoms with E-state index in [0.29, 0.717) is 5.06 Å². The zero-order chi connectivity index (χ0) is 23.1. The molecule has 0 aromatic rings. The van der Waals surface area contributed by atoms with Gasteiger partial charge in [-0.15, -0.1) is 5.06 Å². The van der Waals surface area contributed by atoms with Gasteiger partial charge in [-0.05, 0) is 33.2 Å². The molecule has 0 saturated carbocycles. The molecular formula is C19H32N2O8Si. The summed E-state index contributed by atoms with van der Waals surface area (Å²) in [5.41, 5.74) is -0.798. The highest BCUT2D eigenvalue weighted by molar-refractivity contribution is 6.76. The molecule has 0 unspecified atom stereocenters. The highest BCUT2D eigenvalue weighted by atomic mass is 28.3. The SMILES string of the molecule is CC(C)(C)OC(=O)[C@H](CCC(=O)ON1C(=O)CCC1=O)NC(=O)OCC[Si](C)(C)C. The van der Waals surface area contributed by atoms with Crippen LogP contribution in [-0.4, -0.2) is 61.2 Å². The van der Waals surface area contributed by atoms with Crippen molar-refractivity contribution in [3.05, 3.63) is 0 Å². The molecule has 170 valence electrons. The number of amides is 3. The van der Waals surface area contributed by atoms with E-state index in [1.54, 1.807) is 20.8 Å². The first-order valence-electron chi connectivity index (χ1n) is 9.91. The summed E-state index contributed by atoms with van der Waals surface area (Å²) in [4.78, 5) is 64.3. The number of carbonyl (C=O) groups excluding carboxylic acids is 5. The van der Waals surface area contributed by atoms with Gasteiger partial charge in [0.25, 0.3) is 11.8 Å². The summed E-state index contributed by atoms with van der Waals surface area (Å²) in [5, 5.41) is 2.85. The molecule has 0 bridgehead atoms. The van der Waals surface area contributed by atoms with Gasteiger partial charge in [-0.2, -0.15) is 0 Å². The number of hydrogen-bond acceptors (Lipinski definition) is 8. The third-order valence-corrected chi connectivity index (χ3v) is 5.61. The molecule has 1 aliphatic rings. The van der Waals surface area contributed by atoms with Crippen molar-refractivity contribution in [2.45, 2.75) is 83.8 Å². The van der Waals surface area contributed by atoms with E-state index < -0.39 is 49.6 Å². The molecule has 3 amide bonds. The topological polar surface area (TPSA) is 128 Å². The molecule has 1 atom stereocenters. The Kier molecular flexibility index (Phi) is 9.01. The highest BCUT2D eigenvalue weighted by Gasteiger charge is 2.34. The summed E-state index contributed by atoms with van der Waals surface area (Å²) in [6, 6.07) is -0.386. The molecule has 10 nitrogen and oxygen atoms in total. The number of nitrogens with zero attached hydrogens (tertiary/aromatic N) is 1. The molecule has 0 aliphatic carbocycles. The predicted molar refractivity (Wildman–Crippen MR) is 109 cm³/mol. The van der Waals surface area contributed by atoms with Gasteiger partial charge in [0.05, 0.1) is 13.0 Å². The minimum absolute atomic E-state index is 0.0164. The molecule has 1 heterocycles. The number of carbonyl (C=O) groups is 5. The molecule has 0 radical (unpaired) electrons. The van der Waals surface area contributed by atoms with Crippen LogP contribution in [0.15, 0.2) is 0 Å². The van der Waals surface area contributed by atoms with Gasteiger partial charge in [0.15, 0.2) is 0 Å². The minimum atomic E-state index is -1.39. The van der Waals surface area contributed by atoms with Crippen molar-refractivity contribution in [2.75, 3.05) is 6.61 Å². The van der Waals surface area contributed by atoms with Crippen LogP contribution in [0.1, 0.15) is 46.5 Å². The van der Waals surface area contributed by atoms with E-state index in [1.807, 2.05) is 0 Å². The molecule has 1 N–H and O–H groups in total. The Bertz CT molecular complexity index is 665. The first-order chi connectivity index (χ1) is 13.7. The van der Waals surface area contributed by atoms with Crippen molar-refractivity contribution in [3.63, 3.8) is 0 Å². The number of rotatable bonds is 9. The molecule has 11 heteroatoms. The quantitative estimate of drug-likeness (QED) is 0.325. The average Bonchev–Trinajstić information content (AvgIpc) is 2.87. The van der Waals surface area contributed by atoms with Gasteiger partial charge >= 0.3 is 18.0 Å². The number of nitrogens with one attached hydrogen (secondary N) is 1. The average molecular weight is 445 g/mol. The van der Waals surface area contributed by atoms with Gasteiger partial charge in [0, 0.05) is 20.9 Å². The Morgan fingerprint density at radius 1 is 1.10 bits per heavy atom. The molecule has 1 rings (SSSR count). The second kappa shape index (κ2) is 10.6. The summed E-state index contributed by atoms with van der Waals surface area (Å²) in [6.07, 6.45) is -1.29. The summed E-state index contributed by atoms with van der Waals surface area (Å²) in [7, 11) is -1.39.